The van der Waals surface area contributed by atoms with Crippen molar-refractivity contribution in [1.82, 2.24) is 25.0 Å². The van der Waals surface area contributed by atoms with Crippen molar-refractivity contribution in [2.45, 2.75) is 51.4 Å². The third kappa shape index (κ3) is 5.31. The first-order valence-electron chi connectivity index (χ1n) is 14.2. The van der Waals surface area contributed by atoms with Gasteiger partial charge in [0, 0.05) is 35.4 Å². The summed E-state index contributed by atoms with van der Waals surface area (Å²) in [6, 6.07) is 13.6. The van der Waals surface area contributed by atoms with Crippen molar-refractivity contribution in [3.63, 3.8) is 0 Å². The second-order valence-corrected chi connectivity index (χ2v) is 12.4. The predicted octanol–water partition coefficient (Wildman–Crippen LogP) is 6.12. The van der Waals surface area contributed by atoms with Crippen LogP contribution in [0.2, 0.25) is 0 Å². The molecule has 13 heteroatoms. The molecule has 1 aliphatic carbocycles. The maximum Gasteiger partial charge on any atom is 0.413 e. The monoisotopic (exact) mass is 611 g/mol. The number of H-pyrrole nitrogens is 1. The zero-order chi connectivity index (χ0) is 32.1. The van der Waals surface area contributed by atoms with E-state index in [1.165, 1.54) is 18.6 Å². The molecule has 1 atom stereocenters. The molecule has 3 aromatic heterocycles. The number of hydrogen-bond donors (Lipinski definition) is 3. The van der Waals surface area contributed by atoms with Gasteiger partial charge in [-0.2, -0.15) is 23.7 Å². The largest absolute Gasteiger partial charge is 0.413 e. The van der Waals surface area contributed by atoms with Crippen LogP contribution in [0.25, 0.3) is 21.7 Å². The molecule has 0 saturated heterocycles. The van der Waals surface area contributed by atoms with E-state index >= 15 is 0 Å². The second kappa shape index (κ2) is 10.6. The molecular weight excluding hydrogens is 583 g/mol. The van der Waals surface area contributed by atoms with Crippen LogP contribution in [0.15, 0.2) is 59.8 Å². The van der Waals surface area contributed by atoms with Gasteiger partial charge in [0.05, 0.1) is 34.6 Å². The van der Waals surface area contributed by atoms with Crippen LogP contribution in [0.4, 0.5) is 24.5 Å². The van der Waals surface area contributed by atoms with Crippen molar-refractivity contribution in [1.29, 1.82) is 10.5 Å². The quantitative estimate of drug-likeness (QED) is 0.199. The van der Waals surface area contributed by atoms with E-state index in [0.717, 1.165) is 4.68 Å². The van der Waals surface area contributed by atoms with Crippen LogP contribution < -0.4 is 16.2 Å². The number of benzene rings is 2. The minimum atomic E-state index is -4.50. The Morgan fingerprint density at radius 1 is 1.07 bits per heavy atom. The van der Waals surface area contributed by atoms with Crippen LogP contribution in [0.3, 0.4) is 0 Å². The van der Waals surface area contributed by atoms with E-state index in [-0.39, 0.29) is 35.1 Å². The Morgan fingerprint density at radius 2 is 1.82 bits per heavy atom. The molecule has 0 spiro atoms. The molecule has 0 amide bonds. The maximum absolute atomic E-state index is 14.0. The van der Waals surface area contributed by atoms with Gasteiger partial charge in [-0.3, -0.25) is 9.78 Å². The van der Waals surface area contributed by atoms with E-state index < -0.39 is 17.8 Å². The van der Waals surface area contributed by atoms with E-state index in [2.05, 4.69) is 43.1 Å². The van der Waals surface area contributed by atoms with E-state index in [9.17, 15) is 28.5 Å². The summed E-state index contributed by atoms with van der Waals surface area (Å²) in [5.41, 5.74) is 0.0313. The molecule has 3 N–H and O–H groups in total. The number of nitriles is 2. The molecule has 5 aromatic rings. The van der Waals surface area contributed by atoms with E-state index in [1.54, 1.807) is 36.4 Å². The summed E-state index contributed by atoms with van der Waals surface area (Å²) >= 11 is 0. The highest BCUT2D eigenvalue weighted by molar-refractivity contribution is 5.99. The van der Waals surface area contributed by atoms with Gasteiger partial charge in [-0.15, -0.1) is 5.10 Å². The summed E-state index contributed by atoms with van der Waals surface area (Å²) in [5, 5.41) is 36.2. The number of fused-ring (bicyclic) bond motifs is 2. The Labute approximate surface area is 255 Å². The first kappa shape index (κ1) is 29.6. The summed E-state index contributed by atoms with van der Waals surface area (Å²) in [7, 11) is 0. The zero-order valence-corrected chi connectivity index (χ0v) is 24.6. The number of pyridine rings is 2. The Hall–Kier alpha value is -5.43. The number of nitrogens with one attached hydrogen (secondary N) is 3. The van der Waals surface area contributed by atoms with Gasteiger partial charge in [-0.1, -0.05) is 38.1 Å². The molecular formula is C32H28F3N9O. The average molecular weight is 612 g/mol. The molecule has 0 radical (unpaired) electrons. The van der Waals surface area contributed by atoms with Crippen molar-refractivity contribution in [2.24, 2.45) is 5.41 Å². The molecule has 1 fully saturated rings. The number of aromatic amines is 1. The van der Waals surface area contributed by atoms with Crippen LogP contribution in [0, 0.1) is 28.1 Å². The summed E-state index contributed by atoms with van der Waals surface area (Å²) < 4.78 is 42.8. The predicted molar refractivity (Wildman–Crippen MR) is 162 cm³/mol. The number of halogens is 3. The minimum Gasteiger partial charge on any atom is -0.383 e. The molecule has 10 nitrogen and oxygen atoms in total. The Kier molecular flexibility index (Phi) is 7.00. The number of anilines is 2. The van der Waals surface area contributed by atoms with E-state index in [0.29, 0.717) is 50.7 Å². The molecule has 0 unspecified atom stereocenters. The maximum atomic E-state index is 14.0. The van der Waals surface area contributed by atoms with Gasteiger partial charge in [0.1, 0.15) is 17.8 Å². The van der Waals surface area contributed by atoms with Crippen molar-refractivity contribution >= 4 is 33.1 Å². The number of aromatic nitrogens is 5. The van der Waals surface area contributed by atoms with Crippen LogP contribution in [0.1, 0.15) is 62.0 Å². The topological polar surface area (TPSA) is 148 Å². The lowest BCUT2D eigenvalue weighted by Crippen LogP contribution is -2.35. The molecule has 1 saturated carbocycles. The van der Waals surface area contributed by atoms with Gasteiger partial charge < -0.3 is 15.6 Å². The summed E-state index contributed by atoms with van der Waals surface area (Å²) in [6.45, 7) is 6.65. The van der Waals surface area contributed by atoms with Crippen LogP contribution >= 0.6 is 0 Å². The summed E-state index contributed by atoms with van der Waals surface area (Å²) in [6.07, 6.45) is -0.509. The van der Waals surface area contributed by atoms with Gasteiger partial charge >= 0.3 is 6.18 Å². The number of nitrogens with zero attached hydrogens (tertiary/aromatic N) is 6. The fourth-order valence-electron chi connectivity index (χ4n) is 5.45. The van der Waals surface area contributed by atoms with E-state index in [1.807, 2.05) is 20.8 Å². The summed E-state index contributed by atoms with van der Waals surface area (Å²) in [5.74, 6) is 0. The minimum absolute atomic E-state index is 0.101. The number of hydrogen-bond acceptors (Lipinski definition) is 8. The van der Waals surface area contributed by atoms with Gasteiger partial charge in [0.15, 0.2) is 5.54 Å². The highest BCUT2D eigenvalue weighted by atomic mass is 19.4. The Morgan fingerprint density at radius 3 is 2.49 bits per heavy atom. The van der Waals surface area contributed by atoms with E-state index in [4.69, 9.17) is 0 Å². The lowest BCUT2D eigenvalue weighted by Gasteiger charge is -2.23. The molecule has 0 bridgehead atoms. The second-order valence-electron chi connectivity index (χ2n) is 12.4. The first-order valence-corrected chi connectivity index (χ1v) is 14.2. The zero-order valence-electron chi connectivity index (χ0n) is 24.6. The van der Waals surface area contributed by atoms with Crippen molar-refractivity contribution in [2.75, 3.05) is 17.2 Å². The van der Waals surface area contributed by atoms with Gasteiger partial charge in [0.25, 0.3) is 5.56 Å². The first-order chi connectivity index (χ1) is 21.3. The Balaban J connectivity index is 1.53. The summed E-state index contributed by atoms with van der Waals surface area (Å²) in [4.78, 5) is 19.7. The third-order valence-electron chi connectivity index (χ3n) is 7.98. The molecule has 228 valence electrons. The highest BCUT2D eigenvalue weighted by Gasteiger charge is 2.66. The molecule has 0 aliphatic heterocycles. The molecule has 45 heavy (non-hydrogen) atoms. The number of rotatable bonds is 7. The van der Waals surface area contributed by atoms with Crippen LogP contribution in [-0.4, -0.2) is 37.7 Å². The third-order valence-corrected chi connectivity index (χ3v) is 7.98. The highest BCUT2D eigenvalue weighted by Crippen LogP contribution is 2.55. The smallest absolute Gasteiger partial charge is 0.383 e. The van der Waals surface area contributed by atoms with Crippen molar-refractivity contribution < 1.29 is 13.2 Å². The van der Waals surface area contributed by atoms with Crippen molar-refractivity contribution in [3.8, 4) is 12.1 Å². The van der Waals surface area contributed by atoms with Crippen molar-refractivity contribution in [3.05, 3.63) is 87.7 Å². The average Bonchev–Trinajstić information content (AvgIpc) is 3.69. The fraction of sp³-hybridized carbons (Fsp3) is 0.312. The van der Waals surface area contributed by atoms with Gasteiger partial charge in [-0.05, 0) is 53.5 Å². The molecule has 2 aromatic carbocycles. The normalized spacial score (nSPS) is 14.9. The lowest BCUT2D eigenvalue weighted by atomic mass is 9.96. The van der Waals surface area contributed by atoms with Gasteiger partial charge in [0.2, 0.25) is 0 Å². The standard InChI is InChI=1S/C32H28F3N9O/c1-30(2,3)17-40-27-19(14-37)15-39-26-18(13-36)11-20(12-24(26)27)41-28(22-5-4-6-23-21(22)7-10-38-29(23)45)25-16-44(43-42-25)31(8-9-31)32(33,34)35/h4-7,10-12,15-16,28,41H,8-9,17H2,1-3H3,(H,38,45)(H,39,40)/t28-/m0/s1. The fourth-order valence-corrected chi connectivity index (χ4v) is 5.45. The molecule has 3 heterocycles. The lowest BCUT2D eigenvalue weighted by molar-refractivity contribution is -0.182. The number of alkyl halides is 3. The van der Waals surface area contributed by atoms with Crippen LogP contribution in [-0.2, 0) is 5.54 Å². The van der Waals surface area contributed by atoms with Crippen LogP contribution in [0.5, 0.6) is 0 Å². The molecule has 6 rings (SSSR count). The Bertz CT molecular complexity index is 2090. The molecule has 1 aliphatic rings. The SMILES string of the molecule is CC(C)(C)CNc1c(C#N)cnc2c(C#N)cc(N[C@H](c3cn(C4(C(F)(F)F)CC4)nn3)c3cccc4c(=O)[nH]ccc34)cc12. The van der Waals surface area contributed by atoms with Gasteiger partial charge in [-0.25, -0.2) is 4.68 Å².